The average Bonchev–Trinajstić information content (AvgIpc) is 2.38. The highest BCUT2D eigenvalue weighted by Crippen LogP contribution is 2.19. The number of benzene rings is 1. The molecule has 0 fully saturated rings. The van der Waals surface area contributed by atoms with Crippen molar-refractivity contribution in [2.75, 3.05) is 20.6 Å². The Hall–Kier alpha value is -1.88. The summed E-state index contributed by atoms with van der Waals surface area (Å²) >= 11 is 0. The van der Waals surface area contributed by atoms with Crippen molar-refractivity contribution in [2.45, 2.75) is 12.5 Å². The van der Waals surface area contributed by atoms with E-state index in [1.165, 1.54) is 11.9 Å². The topological polar surface area (TPSA) is 75.4 Å². The minimum Gasteiger partial charge on any atom is -0.358 e. The van der Waals surface area contributed by atoms with Gasteiger partial charge in [-0.1, -0.05) is 30.3 Å². The lowest BCUT2D eigenvalue weighted by atomic mass is 9.92. The molecule has 0 spiro atoms. The van der Waals surface area contributed by atoms with Crippen LogP contribution in [0.5, 0.6) is 0 Å². The predicted octanol–water partition coefficient (Wildman–Crippen LogP) is 0.0649. The van der Waals surface area contributed by atoms with Gasteiger partial charge < -0.3 is 16.0 Å². The van der Waals surface area contributed by atoms with Crippen LogP contribution in [0, 0.1) is 0 Å². The first-order valence-corrected chi connectivity index (χ1v) is 5.70. The van der Waals surface area contributed by atoms with Gasteiger partial charge in [0.15, 0.2) is 0 Å². The number of nitrogens with zero attached hydrogens (tertiary/aromatic N) is 1. The third kappa shape index (κ3) is 3.07. The normalized spacial score (nSPS) is 13.6. The largest absolute Gasteiger partial charge is 0.358 e. The quantitative estimate of drug-likeness (QED) is 0.792. The molecule has 5 heteroatoms. The fourth-order valence-corrected chi connectivity index (χ4v) is 1.67. The maximum absolute atomic E-state index is 12.2. The maximum Gasteiger partial charge on any atom is 0.247 e. The second-order valence-electron chi connectivity index (χ2n) is 4.40. The minimum absolute atomic E-state index is 0.00500. The molecular formula is C13H19N3O2. The van der Waals surface area contributed by atoms with Crippen LogP contribution >= 0.6 is 0 Å². The summed E-state index contributed by atoms with van der Waals surface area (Å²) in [6, 6.07) is 9.11. The molecule has 1 atom stereocenters. The molecule has 1 aromatic rings. The van der Waals surface area contributed by atoms with Crippen LogP contribution in [0.15, 0.2) is 30.3 Å². The number of hydrogen-bond acceptors (Lipinski definition) is 3. The van der Waals surface area contributed by atoms with Crippen molar-refractivity contribution in [3.63, 3.8) is 0 Å². The summed E-state index contributed by atoms with van der Waals surface area (Å²) in [5.41, 5.74) is 5.66. The van der Waals surface area contributed by atoms with E-state index < -0.39 is 5.54 Å². The van der Waals surface area contributed by atoms with Crippen molar-refractivity contribution in [1.29, 1.82) is 0 Å². The van der Waals surface area contributed by atoms with Crippen LogP contribution in [-0.4, -0.2) is 37.4 Å². The van der Waals surface area contributed by atoms with Crippen molar-refractivity contribution >= 4 is 11.8 Å². The second-order valence-corrected chi connectivity index (χ2v) is 4.40. The summed E-state index contributed by atoms with van der Waals surface area (Å²) in [6.45, 7) is 1.64. The van der Waals surface area contributed by atoms with Crippen LogP contribution in [-0.2, 0) is 15.1 Å². The van der Waals surface area contributed by atoms with E-state index in [1.807, 2.05) is 18.2 Å². The lowest BCUT2D eigenvalue weighted by molar-refractivity contribution is -0.138. The van der Waals surface area contributed by atoms with Crippen molar-refractivity contribution < 1.29 is 9.59 Å². The van der Waals surface area contributed by atoms with Crippen molar-refractivity contribution in [2.24, 2.45) is 5.73 Å². The number of nitrogens with two attached hydrogens (primary N) is 1. The predicted molar refractivity (Wildman–Crippen MR) is 69.7 cm³/mol. The third-order valence-electron chi connectivity index (χ3n) is 2.82. The molecule has 1 unspecified atom stereocenters. The molecular weight excluding hydrogens is 230 g/mol. The number of amides is 2. The molecule has 0 aliphatic heterocycles. The SMILES string of the molecule is CNC(=O)CN(C)C(=O)C(C)(N)c1ccccc1. The second kappa shape index (κ2) is 5.64. The number of rotatable bonds is 4. The zero-order chi connectivity index (χ0) is 13.8. The molecule has 0 saturated heterocycles. The molecule has 0 aromatic heterocycles. The van der Waals surface area contributed by atoms with Crippen molar-refractivity contribution in [3.8, 4) is 0 Å². The summed E-state index contributed by atoms with van der Waals surface area (Å²) in [5.74, 6) is -0.521. The lowest BCUT2D eigenvalue weighted by Gasteiger charge is -2.29. The fourth-order valence-electron chi connectivity index (χ4n) is 1.67. The van der Waals surface area contributed by atoms with Gasteiger partial charge in [-0.05, 0) is 12.5 Å². The number of carbonyl (C=O) groups excluding carboxylic acids is 2. The van der Waals surface area contributed by atoms with E-state index in [9.17, 15) is 9.59 Å². The van der Waals surface area contributed by atoms with Crippen molar-refractivity contribution in [3.05, 3.63) is 35.9 Å². The lowest BCUT2D eigenvalue weighted by Crippen LogP contribution is -2.51. The highest BCUT2D eigenvalue weighted by atomic mass is 16.2. The highest BCUT2D eigenvalue weighted by Gasteiger charge is 2.33. The average molecular weight is 249 g/mol. The molecule has 0 heterocycles. The molecule has 0 bridgehead atoms. The first-order chi connectivity index (χ1) is 8.39. The summed E-state index contributed by atoms with van der Waals surface area (Å²) in [5, 5.41) is 2.47. The van der Waals surface area contributed by atoms with Crippen LogP contribution in [0.25, 0.3) is 0 Å². The van der Waals surface area contributed by atoms with Gasteiger partial charge in [0, 0.05) is 14.1 Å². The number of nitrogens with one attached hydrogen (secondary N) is 1. The molecule has 5 nitrogen and oxygen atoms in total. The van der Waals surface area contributed by atoms with E-state index in [-0.39, 0.29) is 18.4 Å². The maximum atomic E-state index is 12.2. The van der Waals surface area contributed by atoms with Crippen LogP contribution in [0.1, 0.15) is 12.5 Å². The van der Waals surface area contributed by atoms with Gasteiger partial charge in [-0.3, -0.25) is 9.59 Å². The van der Waals surface area contributed by atoms with E-state index >= 15 is 0 Å². The number of likely N-dealkylation sites (N-methyl/N-ethyl adjacent to an activating group) is 2. The van der Waals surface area contributed by atoms with Gasteiger partial charge in [0.25, 0.3) is 0 Å². The molecule has 2 amide bonds. The molecule has 98 valence electrons. The molecule has 18 heavy (non-hydrogen) atoms. The van der Waals surface area contributed by atoms with Crippen molar-refractivity contribution in [1.82, 2.24) is 10.2 Å². The van der Waals surface area contributed by atoms with Gasteiger partial charge in [-0.2, -0.15) is 0 Å². The zero-order valence-corrected chi connectivity index (χ0v) is 10.9. The van der Waals surface area contributed by atoms with Crippen LogP contribution < -0.4 is 11.1 Å². The Kier molecular flexibility index (Phi) is 4.44. The van der Waals surface area contributed by atoms with Crippen LogP contribution in [0.4, 0.5) is 0 Å². The summed E-state index contributed by atoms with van der Waals surface area (Å²) < 4.78 is 0. The Morgan fingerprint density at radius 3 is 2.39 bits per heavy atom. The van der Waals surface area contributed by atoms with Gasteiger partial charge >= 0.3 is 0 Å². The van der Waals surface area contributed by atoms with Gasteiger partial charge in [-0.25, -0.2) is 0 Å². The molecule has 0 saturated carbocycles. The van der Waals surface area contributed by atoms with E-state index in [4.69, 9.17) is 5.73 Å². The summed E-state index contributed by atoms with van der Waals surface area (Å²) in [6.07, 6.45) is 0. The molecule has 0 aliphatic carbocycles. The minimum atomic E-state index is -1.13. The monoisotopic (exact) mass is 249 g/mol. The smallest absolute Gasteiger partial charge is 0.247 e. The van der Waals surface area contributed by atoms with Crippen LogP contribution in [0.2, 0.25) is 0 Å². The zero-order valence-electron chi connectivity index (χ0n) is 10.9. The Balaban J connectivity index is 2.85. The standard InChI is InChI=1S/C13H19N3O2/c1-13(14,10-7-5-4-6-8-10)12(18)16(3)9-11(17)15-2/h4-8H,9,14H2,1-3H3,(H,15,17). The van der Waals surface area contributed by atoms with Crippen LogP contribution in [0.3, 0.4) is 0 Å². The van der Waals surface area contributed by atoms with E-state index in [0.717, 1.165) is 5.56 Å². The van der Waals surface area contributed by atoms with Gasteiger partial charge in [0.05, 0.1) is 6.54 Å². The Bertz CT molecular complexity index is 429. The number of hydrogen-bond donors (Lipinski definition) is 2. The Labute approximate surface area is 107 Å². The van der Waals surface area contributed by atoms with Gasteiger partial charge in [0.1, 0.15) is 5.54 Å². The summed E-state index contributed by atoms with van der Waals surface area (Å²) in [7, 11) is 3.09. The molecule has 3 N–H and O–H groups in total. The molecule has 0 radical (unpaired) electrons. The number of carbonyl (C=O) groups is 2. The first kappa shape index (κ1) is 14.2. The van der Waals surface area contributed by atoms with E-state index in [1.54, 1.807) is 26.1 Å². The fraction of sp³-hybridized carbons (Fsp3) is 0.385. The van der Waals surface area contributed by atoms with E-state index in [2.05, 4.69) is 5.32 Å². The van der Waals surface area contributed by atoms with Gasteiger partial charge in [-0.15, -0.1) is 0 Å². The third-order valence-corrected chi connectivity index (χ3v) is 2.82. The Morgan fingerprint density at radius 2 is 1.89 bits per heavy atom. The Morgan fingerprint density at radius 1 is 1.33 bits per heavy atom. The summed E-state index contributed by atoms with van der Waals surface area (Å²) in [4.78, 5) is 24.8. The van der Waals surface area contributed by atoms with E-state index in [0.29, 0.717) is 0 Å². The molecule has 0 aliphatic rings. The molecule has 1 rings (SSSR count). The van der Waals surface area contributed by atoms with Gasteiger partial charge in [0.2, 0.25) is 11.8 Å². The molecule has 1 aromatic carbocycles. The first-order valence-electron chi connectivity index (χ1n) is 5.70. The highest BCUT2D eigenvalue weighted by molar-refractivity contribution is 5.90.